The Hall–Kier alpha value is -3.35. The highest BCUT2D eigenvalue weighted by atomic mass is 16.2. The summed E-state index contributed by atoms with van der Waals surface area (Å²) < 4.78 is 3.35. The molecule has 7 nitrogen and oxygen atoms in total. The Labute approximate surface area is 181 Å². The third-order valence-corrected chi connectivity index (χ3v) is 5.88. The average molecular weight is 421 g/mol. The van der Waals surface area contributed by atoms with Crippen LogP contribution in [-0.4, -0.2) is 38.9 Å². The van der Waals surface area contributed by atoms with Crippen molar-refractivity contribution in [1.29, 1.82) is 0 Å². The number of likely N-dealkylation sites (tertiary alicyclic amines) is 1. The molecule has 2 aromatic carbocycles. The van der Waals surface area contributed by atoms with E-state index in [0.717, 1.165) is 43.4 Å². The first-order chi connectivity index (χ1) is 15.1. The minimum Gasteiger partial charge on any atom is -0.339 e. The first kappa shape index (κ1) is 20.9. The van der Waals surface area contributed by atoms with E-state index >= 15 is 0 Å². The highest BCUT2D eigenvalue weighted by molar-refractivity contribution is 6.03. The summed E-state index contributed by atoms with van der Waals surface area (Å²) in [5.41, 5.74) is 2.61. The Morgan fingerprint density at radius 2 is 1.55 bits per heavy atom. The standard InChI is InChI=1S/C24H28N4O3/c1-2-27-20-12-6-7-13-21(20)28(24(27)31)17-14-22(29)25-19-11-5-4-10-18(19)23(30)26-15-8-3-9-16-26/h4-7,10-13H,2-3,8-9,14-17H2,1H3,(H,25,29). The highest BCUT2D eigenvalue weighted by Crippen LogP contribution is 2.20. The topological polar surface area (TPSA) is 76.3 Å². The summed E-state index contributed by atoms with van der Waals surface area (Å²) in [7, 11) is 0. The van der Waals surface area contributed by atoms with Crippen LogP contribution < -0.4 is 11.0 Å². The van der Waals surface area contributed by atoms with Gasteiger partial charge in [-0.2, -0.15) is 0 Å². The van der Waals surface area contributed by atoms with E-state index in [1.165, 1.54) is 0 Å². The van der Waals surface area contributed by atoms with Crippen LogP contribution >= 0.6 is 0 Å². The molecule has 31 heavy (non-hydrogen) atoms. The molecule has 1 fully saturated rings. The van der Waals surface area contributed by atoms with Crippen LogP contribution in [0.15, 0.2) is 53.3 Å². The molecule has 1 aromatic heterocycles. The van der Waals surface area contributed by atoms with E-state index in [1.807, 2.05) is 48.2 Å². The Balaban J connectivity index is 1.48. The number of piperidine rings is 1. The summed E-state index contributed by atoms with van der Waals surface area (Å²) in [6.45, 7) is 4.29. The molecule has 7 heteroatoms. The lowest BCUT2D eigenvalue weighted by Crippen LogP contribution is -2.36. The van der Waals surface area contributed by atoms with Gasteiger partial charge in [-0.15, -0.1) is 0 Å². The number of para-hydroxylation sites is 3. The molecule has 2 heterocycles. The second-order valence-electron chi connectivity index (χ2n) is 7.86. The molecule has 4 rings (SSSR count). The number of amides is 2. The number of carbonyl (C=O) groups is 2. The molecule has 1 N–H and O–H groups in total. The molecule has 162 valence electrons. The van der Waals surface area contributed by atoms with Gasteiger partial charge in [0.05, 0.1) is 22.3 Å². The van der Waals surface area contributed by atoms with E-state index in [4.69, 9.17) is 0 Å². The molecular formula is C24H28N4O3. The smallest absolute Gasteiger partial charge is 0.329 e. The maximum atomic E-state index is 12.9. The minimum atomic E-state index is -0.223. The van der Waals surface area contributed by atoms with Crippen molar-refractivity contribution >= 4 is 28.5 Å². The van der Waals surface area contributed by atoms with Gasteiger partial charge in [-0.05, 0) is 50.5 Å². The van der Waals surface area contributed by atoms with Crippen LogP contribution in [0.1, 0.15) is 43.0 Å². The van der Waals surface area contributed by atoms with Crippen molar-refractivity contribution in [3.05, 3.63) is 64.6 Å². The van der Waals surface area contributed by atoms with Crippen molar-refractivity contribution in [2.24, 2.45) is 0 Å². The van der Waals surface area contributed by atoms with Crippen molar-refractivity contribution in [2.75, 3.05) is 18.4 Å². The van der Waals surface area contributed by atoms with E-state index < -0.39 is 0 Å². The zero-order valence-electron chi connectivity index (χ0n) is 17.8. The minimum absolute atomic E-state index is 0.0437. The third kappa shape index (κ3) is 4.26. The number of aromatic nitrogens is 2. The van der Waals surface area contributed by atoms with Crippen molar-refractivity contribution < 1.29 is 9.59 Å². The molecule has 0 bridgehead atoms. The number of rotatable bonds is 6. The number of benzene rings is 2. The van der Waals surface area contributed by atoms with Crippen LogP contribution in [0.5, 0.6) is 0 Å². The van der Waals surface area contributed by atoms with Gasteiger partial charge in [0.25, 0.3) is 5.91 Å². The molecule has 0 atom stereocenters. The normalized spacial score (nSPS) is 14.0. The lowest BCUT2D eigenvalue weighted by Gasteiger charge is -2.27. The second-order valence-corrected chi connectivity index (χ2v) is 7.86. The van der Waals surface area contributed by atoms with Crippen LogP contribution in [0.4, 0.5) is 5.69 Å². The summed E-state index contributed by atoms with van der Waals surface area (Å²) in [6, 6.07) is 14.7. The number of hydrogen-bond acceptors (Lipinski definition) is 3. The van der Waals surface area contributed by atoms with Crippen LogP contribution in [-0.2, 0) is 17.9 Å². The molecule has 1 saturated heterocycles. The highest BCUT2D eigenvalue weighted by Gasteiger charge is 2.21. The number of nitrogens with one attached hydrogen (secondary N) is 1. The zero-order chi connectivity index (χ0) is 21.8. The van der Waals surface area contributed by atoms with Crippen LogP contribution in [0.3, 0.4) is 0 Å². The van der Waals surface area contributed by atoms with Gasteiger partial charge in [-0.3, -0.25) is 18.7 Å². The van der Waals surface area contributed by atoms with Crippen molar-refractivity contribution in [3.63, 3.8) is 0 Å². The summed E-state index contributed by atoms with van der Waals surface area (Å²) in [5, 5.41) is 2.88. The van der Waals surface area contributed by atoms with Gasteiger partial charge in [0.15, 0.2) is 0 Å². The molecule has 0 spiro atoms. The third-order valence-electron chi connectivity index (χ3n) is 5.88. The van der Waals surface area contributed by atoms with Crippen LogP contribution in [0.2, 0.25) is 0 Å². The van der Waals surface area contributed by atoms with Crippen molar-refractivity contribution in [1.82, 2.24) is 14.0 Å². The summed E-state index contributed by atoms with van der Waals surface area (Å²) in [4.78, 5) is 40.2. The molecule has 1 aliphatic heterocycles. The SMILES string of the molecule is CCn1c(=O)n(CCC(=O)Nc2ccccc2C(=O)N2CCCCC2)c2ccccc21. The fourth-order valence-corrected chi connectivity index (χ4v) is 4.27. The average Bonchev–Trinajstić information content (AvgIpc) is 3.08. The van der Waals surface area contributed by atoms with Gasteiger partial charge in [0.1, 0.15) is 0 Å². The number of imidazole rings is 1. The fraction of sp³-hybridized carbons (Fsp3) is 0.375. The molecule has 1 aliphatic rings. The molecule has 0 radical (unpaired) electrons. The van der Waals surface area contributed by atoms with E-state index in [2.05, 4.69) is 5.32 Å². The van der Waals surface area contributed by atoms with E-state index in [0.29, 0.717) is 17.8 Å². The lowest BCUT2D eigenvalue weighted by atomic mass is 10.1. The van der Waals surface area contributed by atoms with Crippen molar-refractivity contribution in [2.45, 2.75) is 45.7 Å². The lowest BCUT2D eigenvalue weighted by molar-refractivity contribution is -0.116. The van der Waals surface area contributed by atoms with E-state index in [1.54, 1.807) is 21.3 Å². The largest absolute Gasteiger partial charge is 0.339 e. The summed E-state index contributed by atoms with van der Waals surface area (Å²) in [6.07, 6.45) is 3.32. The Morgan fingerprint density at radius 1 is 0.903 bits per heavy atom. The first-order valence-electron chi connectivity index (χ1n) is 11.0. The Bertz CT molecular complexity index is 1160. The summed E-state index contributed by atoms with van der Waals surface area (Å²) >= 11 is 0. The molecule has 3 aromatic rings. The van der Waals surface area contributed by atoms with Crippen LogP contribution in [0.25, 0.3) is 11.0 Å². The number of fused-ring (bicyclic) bond motifs is 1. The first-order valence-corrected chi connectivity index (χ1v) is 11.0. The van der Waals surface area contributed by atoms with E-state index in [-0.39, 0.29) is 30.5 Å². The molecule has 0 saturated carbocycles. The molecular weight excluding hydrogens is 392 g/mol. The summed E-state index contributed by atoms with van der Waals surface area (Å²) in [5.74, 6) is -0.267. The van der Waals surface area contributed by atoms with Gasteiger partial charge in [-0.1, -0.05) is 24.3 Å². The zero-order valence-corrected chi connectivity index (χ0v) is 17.8. The van der Waals surface area contributed by atoms with Gasteiger partial charge in [-0.25, -0.2) is 4.79 Å². The predicted molar refractivity (Wildman–Crippen MR) is 121 cm³/mol. The number of carbonyl (C=O) groups excluding carboxylic acids is 2. The molecule has 0 aliphatic carbocycles. The Kier molecular flexibility index (Phi) is 6.21. The van der Waals surface area contributed by atoms with Crippen molar-refractivity contribution in [3.8, 4) is 0 Å². The second kappa shape index (κ2) is 9.20. The molecule has 0 unspecified atom stereocenters. The van der Waals surface area contributed by atoms with E-state index in [9.17, 15) is 14.4 Å². The van der Waals surface area contributed by atoms with Gasteiger partial charge in [0.2, 0.25) is 5.91 Å². The monoisotopic (exact) mass is 420 g/mol. The van der Waals surface area contributed by atoms with Gasteiger partial charge >= 0.3 is 5.69 Å². The number of hydrogen-bond donors (Lipinski definition) is 1. The van der Waals surface area contributed by atoms with Gasteiger partial charge in [0, 0.05) is 32.6 Å². The maximum absolute atomic E-state index is 12.9. The maximum Gasteiger partial charge on any atom is 0.329 e. The molecule has 2 amide bonds. The van der Waals surface area contributed by atoms with Crippen LogP contribution in [0, 0.1) is 0 Å². The predicted octanol–water partition coefficient (Wildman–Crippen LogP) is 3.48. The van der Waals surface area contributed by atoms with Gasteiger partial charge < -0.3 is 10.2 Å². The number of aryl methyl sites for hydroxylation is 2. The number of nitrogens with zero attached hydrogens (tertiary/aromatic N) is 3. The fourth-order valence-electron chi connectivity index (χ4n) is 4.27. The Morgan fingerprint density at radius 3 is 2.26 bits per heavy atom. The number of anilines is 1. The quantitative estimate of drug-likeness (QED) is 0.663.